The molecule has 0 spiro atoms. The Labute approximate surface area is 102 Å². The van der Waals surface area contributed by atoms with Gasteiger partial charge in [-0.05, 0) is 36.3 Å². The standard InChI is InChI=1S/C13H19NOS/c1-15-12-7-3-2-6-11(12)13(14)10-5-4-8-16-9-10/h2-3,6-7,10,13H,4-5,8-9,14H2,1H3. The van der Waals surface area contributed by atoms with Gasteiger partial charge in [0.05, 0.1) is 7.11 Å². The van der Waals surface area contributed by atoms with Gasteiger partial charge in [-0.15, -0.1) is 0 Å². The fraction of sp³-hybridized carbons (Fsp3) is 0.538. The first-order chi connectivity index (χ1) is 7.83. The highest BCUT2D eigenvalue weighted by Gasteiger charge is 2.24. The van der Waals surface area contributed by atoms with Crippen LogP contribution in [0.3, 0.4) is 0 Å². The van der Waals surface area contributed by atoms with E-state index in [0.717, 1.165) is 11.3 Å². The summed E-state index contributed by atoms with van der Waals surface area (Å²) >= 11 is 2.02. The Balaban J connectivity index is 2.15. The number of para-hydroxylation sites is 1. The maximum atomic E-state index is 6.35. The maximum Gasteiger partial charge on any atom is 0.123 e. The third-order valence-corrected chi connectivity index (χ3v) is 4.44. The lowest BCUT2D eigenvalue weighted by Crippen LogP contribution is -2.26. The summed E-state index contributed by atoms with van der Waals surface area (Å²) in [6.45, 7) is 0. The lowest BCUT2D eigenvalue weighted by atomic mass is 9.91. The highest BCUT2D eigenvalue weighted by molar-refractivity contribution is 7.99. The van der Waals surface area contributed by atoms with Crippen LogP contribution in [-0.2, 0) is 0 Å². The molecule has 0 amide bonds. The van der Waals surface area contributed by atoms with E-state index in [1.54, 1.807) is 7.11 Å². The molecule has 2 rings (SSSR count). The van der Waals surface area contributed by atoms with E-state index in [1.165, 1.54) is 24.3 Å². The van der Waals surface area contributed by atoms with Crippen molar-refractivity contribution in [1.29, 1.82) is 0 Å². The highest BCUT2D eigenvalue weighted by atomic mass is 32.2. The molecule has 3 heteroatoms. The number of methoxy groups -OCH3 is 1. The molecule has 0 radical (unpaired) electrons. The molecule has 88 valence electrons. The zero-order valence-electron chi connectivity index (χ0n) is 9.69. The molecule has 1 aromatic rings. The van der Waals surface area contributed by atoms with E-state index < -0.39 is 0 Å². The van der Waals surface area contributed by atoms with E-state index in [-0.39, 0.29) is 6.04 Å². The van der Waals surface area contributed by atoms with Crippen LogP contribution in [-0.4, -0.2) is 18.6 Å². The van der Waals surface area contributed by atoms with Gasteiger partial charge in [-0.3, -0.25) is 0 Å². The van der Waals surface area contributed by atoms with Crippen LogP contribution in [0.4, 0.5) is 0 Å². The van der Waals surface area contributed by atoms with Gasteiger partial charge in [0.25, 0.3) is 0 Å². The van der Waals surface area contributed by atoms with Crippen LogP contribution in [0.2, 0.25) is 0 Å². The predicted octanol–water partition coefficient (Wildman–Crippen LogP) is 2.84. The molecule has 0 aromatic heterocycles. The van der Waals surface area contributed by atoms with Crippen molar-refractivity contribution in [2.75, 3.05) is 18.6 Å². The number of thioether (sulfide) groups is 1. The molecule has 16 heavy (non-hydrogen) atoms. The van der Waals surface area contributed by atoms with E-state index in [1.807, 2.05) is 30.0 Å². The summed E-state index contributed by atoms with van der Waals surface area (Å²) in [4.78, 5) is 0. The number of hydrogen-bond donors (Lipinski definition) is 1. The summed E-state index contributed by atoms with van der Waals surface area (Å²) in [7, 11) is 1.71. The Morgan fingerprint density at radius 1 is 1.44 bits per heavy atom. The molecule has 2 nitrogen and oxygen atoms in total. The first-order valence-electron chi connectivity index (χ1n) is 5.79. The molecular formula is C13H19NOS. The average Bonchev–Trinajstić information content (AvgIpc) is 2.39. The van der Waals surface area contributed by atoms with Crippen molar-refractivity contribution in [3.8, 4) is 5.75 Å². The van der Waals surface area contributed by atoms with Crippen LogP contribution < -0.4 is 10.5 Å². The lowest BCUT2D eigenvalue weighted by molar-refractivity contribution is 0.383. The molecule has 1 aliphatic heterocycles. The summed E-state index contributed by atoms with van der Waals surface area (Å²) in [5, 5.41) is 0. The predicted molar refractivity (Wildman–Crippen MR) is 70.0 cm³/mol. The van der Waals surface area contributed by atoms with Crippen molar-refractivity contribution in [2.45, 2.75) is 18.9 Å². The summed E-state index contributed by atoms with van der Waals surface area (Å²) < 4.78 is 5.37. The molecule has 2 atom stereocenters. The monoisotopic (exact) mass is 237 g/mol. The summed E-state index contributed by atoms with van der Waals surface area (Å²) in [6.07, 6.45) is 2.53. The van der Waals surface area contributed by atoms with Gasteiger partial charge in [0.15, 0.2) is 0 Å². The molecule has 1 aliphatic rings. The molecule has 2 N–H and O–H groups in total. The van der Waals surface area contributed by atoms with Crippen LogP contribution in [0, 0.1) is 5.92 Å². The average molecular weight is 237 g/mol. The summed E-state index contributed by atoms with van der Waals surface area (Å²) in [5.74, 6) is 3.98. The Kier molecular flexibility index (Phi) is 4.13. The zero-order chi connectivity index (χ0) is 11.4. The fourth-order valence-electron chi connectivity index (χ4n) is 2.24. The first kappa shape index (κ1) is 11.8. The number of hydrogen-bond acceptors (Lipinski definition) is 3. The largest absolute Gasteiger partial charge is 0.496 e. The SMILES string of the molecule is COc1ccccc1C(N)C1CCCSC1. The molecule has 2 unspecified atom stereocenters. The molecule has 0 bridgehead atoms. The molecule has 1 saturated heterocycles. The lowest BCUT2D eigenvalue weighted by Gasteiger charge is -2.28. The van der Waals surface area contributed by atoms with Crippen LogP contribution in [0.5, 0.6) is 5.75 Å². The minimum atomic E-state index is 0.115. The van der Waals surface area contributed by atoms with Crippen molar-refractivity contribution in [3.63, 3.8) is 0 Å². The van der Waals surface area contributed by atoms with Gasteiger partial charge in [0, 0.05) is 11.6 Å². The van der Waals surface area contributed by atoms with Crippen molar-refractivity contribution in [3.05, 3.63) is 29.8 Å². The van der Waals surface area contributed by atoms with Gasteiger partial charge in [0.1, 0.15) is 5.75 Å². The number of benzene rings is 1. The summed E-state index contributed by atoms with van der Waals surface area (Å²) in [5.41, 5.74) is 7.50. The Morgan fingerprint density at radius 2 is 2.25 bits per heavy atom. The molecule has 1 aromatic carbocycles. The van der Waals surface area contributed by atoms with Crippen molar-refractivity contribution in [1.82, 2.24) is 0 Å². The number of rotatable bonds is 3. The van der Waals surface area contributed by atoms with Crippen molar-refractivity contribution in [2.24, 2.45) is 11.7 Å². The first-order valence-corrected chi connectivity index (χ1v) is 6.94. The molecule has 1 heterocycles. The molecule has 0 saturated carbocycles. The smallest absolute Gasteiger partial charge is 0.123 e. The Hall–Kier alpha value is -0.670. The third kappa shape index (κ3) is 2.53. The van der Waals surface area contributed by atoms with E-state index >= 15 is 0 Å². The molecule has 0 aliphatic carbocycles. The molecule has 1 fully saturated rings. The van der Waals surface area contributed by atoms with Crippen LogP contribution in [0.15, 0.2) is 24.3 Å². The van der Waals surface area contributed by atoms with E-state index in [4.69, 9.17) is 10.5 Å². The van der Waals surface area contributed by atoms with Crippen LogP contribution in [0.25, 0.3) is 0 Å². The van der Waals surface area contributed by atoms with Crippen molar-refractivity contribution < 1.29 is 4.74 Å². The second-order valence-electron chi connectivity index (χ2n) is 4.24. The van der Waals surface area contributed by atoms with Gasteiger partial charge in [-0.25, -0.2) is 0 Å². The van der Waals surface area contributed by atoms with Gasteiger partial charge in [0.2, 0.25) is 0 Å². The van der Waals surface area contributed by atoms with Crippen LogP contribution in [0.1, 0.15) is 24.4 Å². The van der Waals surface area contributed by atoms with Crippen LogP contribution >= 0.6 is 11.8 Å². The second-order valence-corrected chi connectivity index (χ2v) is 5.39. The third-order valence-electron chi connectivity index (χ3n) is 3.20. The number of nitrogens with two attached hydrogens (primary N) is 1. The zero-order valence-corrected chi connectivity index (χ0v) is 10.5. The normalized spacial score (nSPS) is 22.8. The quantitative estimate of drug-likeness (QED) is 0.878. The number of ether oxygens (including phenoxy) is 1. The fourth-order valence-corrected chi connectivity index (χ4v) is 3.46. The minimum absolute atomic E-state index is 0.115. The van der Waals surface area contributed by atoms with Gasteiger partial charge < -0.3 is 10.5 Å². The summed E-state index contributed by atoms with van der Waals surface area (Å²) in [6, 6.07) is 8.22. The van der Waals surface area contributed by atoms with Gasteiger partial charge >= 0.3 is 0 Å². The van der Waals surface area contributed by atoms with E-state index in [9.17, 15) is 0 Å². The van der Waals surface area contributed by atoms with Gasteiger partial charge in [-0.2, -0.15) is 11.8 Å². The van der Waals surface area contributed by atoms with Crippen molar-refractivity contribution >= 4 is 11.8 Å². The Bertz CT molecular complexity index is 336. The van der Waals surface area contributed by atoms with E-state index in [2.05, 4.69) is 6.07 Å². The minimum Gasteiger partial charge on any atom is -0.496 e. The Morgan fingerprint density at radius 3 is 2.94 bits per heavy atom. The van der Waals surface area contributed by atoms with E-state index in [0.29, 0.717) is 5.92 Å². The maximum absolute atomic E-state index is 6.35. The second kappa shape index (κ2) is 5.60. The highest BCUT2D eigenvalue weighted by Crippen LogP contribution is 2.35. The topological polar surface area (TPSA) is 35.2 Å². The van der Waals surface area contributed by atoms with Gasteiger partial charge in [-0.1, -0.05) is 18.2 Å². The molecular weight excluding hydrogens is 218 g/mol.